The van der Waals surface area contributed by atoms with E-state index in [1.54, 1.807) is 11.3 Å². The van der Waals surface area contributed by atoms with Crippen molar-refractivity contribution in [3.8, 4) is 10.4 Å². The molecular weight excluding hydrogens is 294 g/mol. The zero-order valence-corrected chi connectivity index (χ0v) is 12.7. The number of hydrogen-bond donors (Lipinski definition) is 1. The Labute approximate surface area is 115 Å². The predicted octanol–water partition coefficient (Wildman–Crippen LogP) is 4.68. The first-order chi connectivity index (χ1) is 7.88. The van der Waals surface area contributed by atoms with Crippen LogP contribution in [0.3, 0.4) is 0 Å². The van der Waals surface area contributed by atoms with E-state index in [-0.39, 0.29) is 5.54 Å². The molecule has 0 radical (unpaired) electrons. The van der Waals surface area contributed by atoms with Crippen molar-refractivity contribution in [1.29, 1.82) is 0 Å². The van der Waals surface area contributed by atoms with Crippen LogP contribution in [-0.4, -0.2) is 0 Å². The van der Waals surface area contributed by atoms with Crippen molar-refractivity contribution in [2.75, 3.05) is 0 Å². The maximum absolute atomic E-state index is 6.11. The summed E-state index contributed by atoms with van der Waals surface area (Å²) < 4.78 is 1.12. The topological polar surface area (TPSA) is 26.0 Å². The third-order valence-corrected chi connectivity index (χ3v) is 4.65. The zero-order valence-electron chi connectivity index (χ0n) is 10.3. The molecule has 17 heavy (non-hydrogen) atoms. The molecule has 0 spiro atoms. The molecular formula is C14H16BrNS. The highest BCUT2D eigenvalue weighted by molar-refractivity contribution is 9.10. The van der Waals surface area contributed by atoms with Gasteiger partial charge in [0.25, 0.3) is 0 Å². The third kappa shape index (κ3) is 2.79. The lowest BCUT2D eigenvalue weighted by Gasteiger charge is -2.15. The van der Waals surface area contributed by atoms with E-state index in [4.69, 9.17) is 5.73 Å². The molecule has 2 N–H and O–H groups in total. The van der Waals surface area contributed by atoms with Crippen LogP contribution in [0.5, 0.6) is 0 Å². The van der Waals surface area contributed by atoms with Crippen molar-refractivity contribution in [3.05, 3.63) is 45.2 Å². The average molecular weight is 310 g/mol. The Hall–Kier alpha value is -0.640. The van der Waals surface area contributed by atoms with Gasteiger partial charge in [0.1, 0.15) is 0 Å². The molecule has 90 valence electrons. The molecule has 2 rings (SSSR count). The predicted molar refractivity (Wildman–Crippen MR) is 79.4 cm³/mol. The maximum Gasteiger partial charge on any atom is 0.0446 e. The van der Waals surface area contributed by atoms with Crippen molar-refractivity contribution < 1.29 is 0 Å². The Morgan fingerprint density at radius 2 is 1.88 bits per heavy atom. The van der Waals surface area contributed by atoms with Gasteiger partial charge in [0, 0.05) is 19.8 Å². The van der Waals surface area contributed by atoms with Crippen molar-refractivity contribution in [1.82, 2.24) is 0 Å². The second-order valence-electron chi connectivity index (χ2n) is 4.84. The van der Waals surface area contributed by atoms with Crippen LogP contribution in [0.1, 0.15) is 24.3 Å². The number of hydrogen-bond acceptors (Lipinski definition) is 2. The molecule has 0 fully saturated rings. The van der Waals surface area contributed by atoms with Crippen LogP contribution < -0.4 is 5.73 Å². The third-order valence-electron chi connectivity index (χ3n) is 2.69. The Morgan fingerprint density at radius 1 is 1.18 bits per heavy atom. The van der Waals surface area contributed by atoms with Crippen molar-refractivity contribution in [3.63, 3.8) is 0 Å². The molecule has 1 heterocycles. The highest BCUT2D eigenvalue weighted by Crippen LogP contribution is 2.35. The fourth-order valence-electron chi connectivity index (χ4n) is 1.73. The van der Waals surface area contributed by atoms with Crippen LogP contribution in [0.25, 0.3) is 10.4 Å². The first-order valence-corrected chi connectivity index (χ1v) is 7.14. The second-order valence-corrected chi connectivity index (χ2v) is 6.84. The van der Waals surface area contributed by atoms with Crippen LogP contribution in [0, 0.1) is 6.92 Å². The lowest BCUT2D eigenvalue weighted by molar-refractivity contribution is 0.567. The highest BCUT2D eigenvalue weighted by Gasteiger charge is 2.17. The molecule has 3 heteroatoms. The van der Waals surface area contributed by atoms with Gasteiger partial charge in [0.05, 0.1) is 0 Å². The normalized spacial score (nSPS) is 11.8. The van der Waals surface area contributed by atoms with Crippen LogP contribution in [0.15, 0.2) is 34.8 Å². The van der Waals surface area contributed by atoms with E-state index in [0.29, 0.717) is 0 Å². The van der Waals surface area contributed by atoms with Crippen LogP contribution in [-0.2, 0) is 5.54 Å². The summed E-state index contributed by atoms with van der Waals surface area (Å²) in [5, 5.41) is 0. The number of nitrogens with two attached hydrogens (primary N) is 1. The van der Waals surface area contributed by atoms with E-state index in [0.717, 1.165) is 4.47 Å². The van der Waals surface area contributed by atoms with Crippen molar-refractivity contribution in [2.45, 2.75) is 26.3 Å². The summed E-state index contributed by atoms with van der Waals surface area (Å²) in [5.41, 5.74) is 8.42. The van der Waals surface area contributed by atoms with Gasteiger partial charge >= 0.3 is 0 Å². The van der Waals surface area contributed by atoms with Gasteiger partial charge < -0.3 is 5.73 Å². The number of halogens is 1. The number of benzene rings is 1. The van der Waals surface area contributed by atoms with Gasteiger partial charge in [0.2, 0.25) is 0 Å². The second kappa shape index (κ2) is 4.56. The van der Waals surface area contributed by atoms with Gasteiger partial charge in [-0.05, 0) is 56.2 Å². The van der Waals surface area contributed by atoms with E-state index in [2.05, 4.69) is 53.2 Å². The molecule has 1 aromatic carbocycles. The number of aryl methyl sites for hydroxylation is 1. The monoisotopic (exact) mass is 309 g/mol. The minimum absolute atomic E-state index is 0.258. The fraction of sp³-hybridized carbons (Fsp3) is 0.286. The lowest BCUT2D eigenvalue weighted by Crippen LogP contribution is -2.27. The van der Waals surface area contributed by atoms with Crippen LogP contribution in [0.4, 0.5) is 0 Å². The minimum Gasteiger partial charge on any atom is -0.321 e. The summed E-state index contributed by atoms with van der Waals surface area (Å²) in [4.78, 5) is 2.50. The van der Waals surface area contributed by atoms with E-state index in [1.807, 2.05) is 13.8 Å². The summed E-state index contributed by atoms with van der Waals surface area (Å²) in [5.74, 6) is 0. The quantitative estimate of drug-likeness (QED) is 0.856. The van der Waals surface area contributed by atoms with E-state index in [9.17, 15) is 0 Å². The summed E-state index contributed by atoms with van der Waals surface area (Å²) in [7, 11) is 0. The summed E-state index contributed by atoms with van der Waals surface area (Å²) in [6, 6.07) is 10.7. The molecule has 0 amide bonds. The molecule has 1 nitrogen and oxygen atoms in total. The Balaban J connectivity index is 2.44. The highest BCUT2D eigenvalue weighted by atomic mass is 79.9. The summed E-state index contributed by atoms with van der Waals surface area (Å²) in [6.45, 7) is 6.21. The van der Waals surface area contributed by atoms with E-state index < -0.39 is 0 Å². The van der Waals surface area contributed by atoms with Gasteiger partial charge in [-0.3, -0.25) is 0 Å². The van der Waals surface area contributed by atoms with Gasteiger partial charge in [-0.25, -0.2) is 0 Å². The van der Waals surface area contributed by atoms with Gasteiger partial charge in [0.15, 0.2) is 0 Å². The number of thiophene rings is 1. The number of rotatable bonds is 2. The smallest absolute Gasteiger partial charge is 0.0446 e. The van der Waals surface area contributed by atoms with Gasteiger partial charge in [-0.1, -0.05) is 22.0 Å². The summed E-state index contributed by atoms with van der Waals surface area (Å²) in [6.07, 6.45) is 0. The molecule has 0 aliphatic rings. The van der Waals surface area contributed by atoms with Crippen LogP contribution >= 0.6 is 27.3 Å². The first kappa shape index (κ1) is 12.8. The molecule has 2 aromatic rings. The average Bonchev–Trinajstić information content (AvgIpc) is 2.65. The maximum atomic E-state index is 6.11. The largest absolute Gasteiger partial charge is 0.321 e. The van der Waals surface area contributed by atoms with Crippen molar-refractivity contribution in [2.24, 2.45) is 5.73 Å². The minimum atomic E-state index is -0.258. The molecule has 0 aliphatic carbocycles. The lowest BCUT2D eigenvalue weighted by atomic mass is 10.0. The van der Waals surface area contributed by atoms with Gasteiger partial charge in [-0.2, -0.15) is 0 Å². The van der Waals surface area contributed by atoms with Crippen molar-refractivity contribution >= 4 is 27.3 Å². The van der Waals surface area contributed by atoms with Crippen LogP contribution in [0.2, 0.25) is 0 Å². The fourth-order valence-corrected chi connectivity index (χ4v) is 3.32. The molecule has 1 aromatic heterocycles. The zero-order chi connectivity index (χ0) is 12.6. The molecule has 0 atom stereocenters. The first-order valence-electron chi connectivity index (χ1n) is 5.53. The Morgan fingerprint density at radius 3 is 2.41 bits per heavy atom. The molecule has 0 saturated carbocycles. The Kier molecular flexibility index (Phi) is 3.43. The SMILES string of the molecule is Cc1cc(Br)ccc1-c1ccc(C(C)(C)N)s1. The van der Waals surface area contributed by atoms with Gasteiger partial charge in [-0.15, -0.1) is 11.3 Å². The summed E-state index contributed by atoms with van der Waals surface area (Å²) >= 11 is 5.26. The molecule has 0 aliphatic heterocycles. The van der Waals surface area contributed by atoms with E-state index in [1.165, 1.54) is 20.9 Å². The van der Waals surface area contributed by atoms with E-state index >= 15 is 0 Å². The molecule has 0 bridgehead atoms. The molecule has 0 unspecified atom stereocenters. The molecule has 0 saturated heterocycles. The standard InChI is InChI=1S/C14H16BrNS/c1-9-8-10(15)4-5-11(9)12-6-7-13(17-12)14(2,3)16/h4-8H,16H2,1-3H3. The Bertz CT molecular complexity index is 537.